The van der Waals surface area contributed by atoms with Crippen LogP contribution in [0.3, 0.4) is 0 Å². The minimum atomic E-state index is -0.286. The number of hydrogen-bond donors (Lipinski definition) is 3. The lowest BCUT2D eigenvalue weighted by molar-refractivity contribution is -0.111. The Bertz CT molecular complexity index is 1020. The summed E-state index contributed by atoms with van der Waals surface area (Å²) in [5.74, 6) is 1.77. The molecule has 8 nitrogen and oxygen atoms in total. The van der Waals surface area contributed by atoms with E-state index in [-0.39, 0.29) is 13.3 Å². The fraction of sp³-hybridized carbons (Fsp3) is 0.136. The summed E-state index contributed by atoms with van der Waals surface area (Å²) in [5, 5.41) is 9.04. The van der Waals surface area contributed by atoms with Crippen LogP contribution in [0, 0.1) is 0 Å². The molecule has 8 heteroatoms. The number of amides is 1. The molecular formula is C22H25N5O3. The minimum absolute atomic E-state index is 0. The molecule has 3 aromatic rings. The van der Waals surface area contributed by atoms with Gasteiger partial charge in [-0.15, -0.1) is 0 Å². The number of aromatic nitrogens is 2. The number of ether oxygens (including phenoxy) is 2. The van der Waals surface area contributed by atoms with Crippen LogP contribution in [-0.2, 0) is 4.79 Å². The van der Waals surface area contributed by atoms with Gasteiger partial charge in [-0.2, -0.15) is 4.98 Å². The van der Waals surface area contributed by atoms with E-state index in [0.717, 1.165) is 17.1 Å². The average molecular weight is 407 g/mol. The van der Waals surface area contributed by atoms with Crippen molar-refractivity contribution in [1.82, 2.24) is 9.97 Å². The molecule has 0 spiro atoms. The minimum Gasteiger partial charge on any atom is -0.497 e. The number of carbonyl (C=O) groups excluding carboxylic acids is 1. The zero-order valence-corrected chi connectivity index (χ0v) is 16.1. The summed E-state index contributed by atoms with van der Waals surface area (Å²) < 4.78 is 10.6. The van der Waals surface area contributed by atoms with E-state index in [4.69, 9.17) is 9.47 Å². The Morgan fingerprint density at radius 1 is 1.00 bits per heavy atom. The molecule has 0 bridgehead atoms. The Morgan fingerprint density at radius 2 is 1.70 bits per heavy atom. The average Bonchev–Trinajstić information content (AvgIpc) is 2.74. The highest BCUT2D eigenvalue weighted by Crippen LogP contribution is 2.28. The van der Waals surface area contributed by atoms with E-state index in [1.54, 1.807) is 32.5 Å². The molecule has 3 N–H and O–H groups in total. The zero-order chi connectivity index (χ0) is 20.6. The summed E-state index contributed by atoms with van der Waals surface area (Å²) in [6.45, 7) is 3.45. The molecule has 0 fully saturated rings. The van der Waals surface area contributed by atoms with E-state index in [1.165, 1.54) is 6.08 Å². The van der Waals surface area contributed by atoms with E-state index in [9.17, 15) is 4.79 Å². The molecule has 0 aliphatic rings. The number of hydrogen-bond acceptors (Lipinski definition) is 7. The number of nitrogens with zero attached hydrogens (tertiary/aromatic N) is 2. The van der Waals surface area contributed by atoms with Crippen LogP contribution >= 0.6 is 0 Å². The van der Waals surface area contributed by atoms with Crippen LogP contribution in [-0.4, -0.2) is 30.1 Å². The van der Waals surface area contributed by atoms with Crippen molar-refractivity contribution in [2.24, 2.45) is 0 Å². The van der Waals surface area contributed by atoms with Crippen molar-refractivity contribution in [2.45, 2.75) is 7.43 Å². The van der Waals surface area contributed by atoms with Gasteiger partial charge in [-0.1, -0.05) is 26.1 Å². The van der Waals surface area contributed by atoms with Gasteiger partial charge in [0.25, 0.3) is 0 Å². The molecular weight excluding hydrogens is 382 g/mol. The molecule has 1 heterocycles. The van der Waals surface area contributed by atoms with E-state index in [2.05, 4.69) is 32.5 Å². The number of methoxy groups -OCH3 is 2. The van der Waals surface area contributed by atoms with Gasteiger partial charge in [0.15, 0.2) is 11.6 Å². The van der Waals surface area contributed by atoms with Crippen molar-refractivity contribution in [3.63, 3.8) is 0 Å². The van der Waals surface area contributed by atoms with Crippen molar-refractivity contribution in [2.75, 3.05) is 30.2 Å². The van der Waals surface area contributed by atoms with Gasteiger partial charge in [-0.25, -0.2) is 4.98 Å². The lowest BCUT2D eigenvalue weighted by Crippen LogP contribution is -2.07. The Morgan fingerprint density at radius 3 is 2.40 bits per heavy atom. The van der Waals surface area contributed by atoms with Gasteiger partial charge in [-0.05, 0) is 36.4 Å². The molecule has 1 amide bonds. The monoisotopic (exact) mass is 407 g/mol. The molecule has 0 saturated carbocycles. The van der Waals surface area contributed by atoms with Crippen LogP contribution < -0.4 is 25.4 Å². The maximum absolute atomic E-state index is 11.5. The second kappa shape index (κ2) is 10.5. The summed E-state index contributed by atoms with van der Waals surface area (Å²) in [6, 6.07) is 14.7. The van der Waals surface area contributed by atoms with Crippen LogP contribution in [0.4, 0.5) is 28.8 Å². The summed E-state index contributed by atoms with van der Waals surface area (Å²) in [7, 11) is 3.15. The highest BCUT2D eigenvalue weighted by Gasteiger charge is 2.10. The topological polar surface area (TPSA) is 97.4 Å². The quantitative estimate of drug-likeness (QED) is 0.464. The van der Waals surface area contributed by atoms with Crippen LogP contribution in [0.15, 0.2) is 67.4 Å². The predicted octanol–water partition coefficient (Wildman–Crippen LogP) is 4.74. The molecule has 1 aromatic heterocycles. The molecule has 2 aromatic carbocycles. The summed E-state index contributed by atoms with van der Waals surface area (Å²) in [6.07, 6.45) is 2.78. The van der Waals surface area contributed by atoms with E-state index < -0.39 is 0 Å². The van der Waals surface area contributed by atoms with Crippen molar-refractivity contribution in [3.05, 3.63) is 67.4 Å². The van der Waals surface area contributed by atoms with Crippen molar-refractivity contribution >= 4 is 34.7 Å². The van der Waals surface area contributed by atoms with Gasteiger partial charge in [0.05, 0.1) is 20.4 Å². The molecule has 0 saturated heterocycles. The van der Waals surface area contributed by atoms with E-state index in [0.29, 0.717) is 23.2 Å². The van der Waals surface area contributed by atoms with Gasteiger partial charge in [-0.3, -0.25) is 4.79 Å². The van der Waals surface area contributed by atoms with Gasteiger partial charge < -0.3 is 25.4 Å². The predicted molar refractivity (Wildman–Crippen MR) is 120 cm³/mol. The van der Waals surface area contributed by atoms with Crippen molar-refractivity contribution < 1.29 is 14.3 Å². The molecule has 30 heavy (non-hydrogen) atoms. The Balaban J connectivity index is 0.00000320. The Kier molecular flexibility index (Phi) is 7.75. The van der Waals surface area contributed by atoms with Crippen LogP contribution in [0.5, 0.6) is 11.5 Å². The Hall–Kier alpha value is -4.07. The van der Waals surface area contributed by atoms with Crippen molar-refractivity contribution in [1.29, 1.82) is 0 Å². The number of carbonyl (C=O) groups is 1. The number of anilines is 5. The second-order valence-corrected chi connectivity index (χ2v) is 5.87. The van der Waals surface area contributed by atoms with Crippen molar-refractivity contribution in [3.8, 4) is 11.5 Å². The largest absolute Gasteiger partial charge is 0.497 e. The second-order valence-electron chi connectivity index (χ2n) is 5.87. The normalized spacial score (nSPS) is 9.67. The standard InChI is InChI=1S/C21H21N5O3.CH4/c1-4-19(27)23-14-7-5-8-15(11-14)24-20-18(29-3)13-22-21(26-20)25-16-9-6-10-17(12-16)28-2;/h4-13H,1H2,2-3H3,(H,23,27)(H2,22,24,25,26);1H4. The first-order valence-corrected chi connectivity index (χ1v) is 8.74. The lowest BCUT2D eigenvalue weighted by atomic mass is 10.2. The SMILES string of the molecule is C.C=CC(=O)Nc1cccc(Nc2nc(Nc3cccc(OC)c3)ncc2OC)c1. The summed E-state index contributed by atoms with van der Waals surface area (Å²) in [4.78, 5) is 20.3. The third kappa shape index (κ3) is 5.71. The number of rotatable bonds is 8. The maximum Gasteiger partial charge on any atom is 0.247 e. The first kappa shape index (κ1) is 22.2. The zero-order valence-electron chi connectivity index (χ0n) is 16.1. The van der Waals surface area contributed by atoms with E-state index in [1.807, 2.05) is 36.4 Å². The lowest BCUT2D eigenvalue weighted by Gasteiger charge is -2.13. The highest BCUT2D eigenvalue weighted by atomic mass is 16.5. The number of benzene rings is 2. The third-order valence-electron chi connectivity index (χ3n) is 3.88. The first-order chi connectivity index (χ1) is 14.1. The number of nitrogens with one attached hydrogen (secondary N) is 3. The molecule has 3 rings (SSSR count). The van der Waals surface area contributed by atoms with E-state index >= 15 is 0 Å². The van der Waals surface area contributed by atoms with Crippen LogP contribution in [0.1, 0.15) is 7.43 Å². The summed E-state index contributed by atoms with van der Waals surface area (Å²) in [5.41, 5.74) is 2.13. The van der Waals surface area contributed by atoms with Gasteiger partial charge in [0, 0.05) is 23.1 Å². The molecule has 0 aliphatic heterocycles. The molecule has 0 unspecified atom stereocenters. The fourth-order valence-electron chi connectivity index (χ4n) is 2.50. The molecule has 0 radical (unpaired) electrons. The fourth-order valence-corrected chi connectivity index (χ4v) is 2.50. The van der Waals surface area contributed by atoms with Gasteiger partial charge in [0.2, 0.25) is 11.9 Å². The molecule has 0 aliphatic carbocycles. The van der Waals surface area contributed by atoms with Gasteiger partial charge in [0.1, 0.15) is 5.75 Å². The Labute approximate surface area is 176 Å². The van der Waals surface area contributed by atoms with Gasteiger partial charge >= 0.3 is 0 Å². The maximum atomic E-state index is 11.5. The third-order valence-corrected chi connectivity index (χ3v) is 3.88. The van der Waals surface area contributed by atoms with Crippen LogP contribution in [0.2, 0.25) is 0 Å². The van der Waals surface area contributed by atoms with Crippen LogP contribution in [0.25, 0.3) is 0 Å². The molecule has 0 atom stereocenters. The molecule has 156 valence electrons. The smallest absolute Gasteiger partial charge is 0.247 e. The summed E-state index contributed by atoms with van der Waals surface area (Å²) >= 11 is 0. The highest BCUT2D eigenvalue weighted by molar-refractivity contribution is 5.99. The first-order valence-electron chi connectivity index (χ1n) is 8.74.